The molecule has 1 unspecified atom stereocenters. The average molecular weight is 436 g/mol. The largest absolute Gasteiger partial charge is 0.507 e. The van der Waals surface area contributed by atoms with Crippen molar-refractivity contribution in [1.82, 2.24) is 0 Å². The molecule has 1 aliphatic rings. The van der Waals surface area contributed by atoms with Gasteiger partial charge in [-0.15, -0.1) is 0 Å². The maximum Gasteiger partial charge on any atom is 0.412 e. The number of phenols is 2. The van der Waals surface area contributed by atoms with Crippen LogP contribution in [0.4, 0.5) is 10.5 Å². The number of phenolic OH excluding ortho intramolecular Hbond substituents is 2. The van der Waals surface area contributed by atoms with Crippen molar-refractivity contribution >= 4 is 23.3 Å². The number of hydrogen-bond donors (Lipinski definition) is 4. The van der Waals surface area contributed by atoms with E-state index in [4.69, 9.17) is 10.5 Å². The Kier molecular flexibility index (Phi) is 6.75. The molecule has 2 aromatic rings. The second-order valence-corrected chi connectivity index (χ2v) is 7.59. The van der Waals surface area contributed by atoms with E-state index in [1.54, 1.807) is 24.3 Å². The molecule has 166 valence electrons. The van der Waals surface area contributed by atoms with Crippen LogP contribution in [0.5, 0.6) is 11.5 Å². The van der Waals surface area contributed by atoms with E-state index in [9.17, 15) is 24.6 Å². The monoisotopic (exact) mass is 436 g/mol. The van der Waals surface area contributed by atoms with E-state index < -0.39 is 35.3 Å². The standard InChI is InChI=1S/C24H24N2O6/c1-13(2)6-9-20(32-24(31)26-15-5-3-4-14(10-15)12-25)16-11-19(29)21-17(27)7-8-18(28)22(21)23(16)30/h3-8,10-11,20,27-28H,9,12,25H2,1-2H3,(H,26,31). The molecule has 32 heavy (non-hydrogen) atoms. The molecule has 0 saturated heterocycles. The Morgan fingerprint density at radius 1 is 1.12 bits per heavy atom. The van der Waals surface area contributed by atoms with Crippen molar-refractivity contribution in [2.75, 3.05) is 5.32 Å². The van der Waals surface area contributed by atoms with Crippen molar-refractivity contribution in [2.24, 2.45) is 5.73 Å². The Hall–Kier alpha value is -3.91. The number of carbonyl (C=O) groups excluding carboxylic acids is 3. The Labute approximate surface area is 185 Å². The van der Waals surface area contributed by atoms with E-state index in [2.05, 4.69) is 5.32 Å². The number of amides is 1. The van der Waals surface area contributed by atoms with E-state index >= 15 is 0 Å². The third-order valence-electron chi connectivity index (χ3n) is 4.93. The number of rotatable bonds is 6. The molecule has 2 aromatic carbocycles. The number of hydrogen-bond acceptors (Lipinski definition) is 7. The average Bonchev–Trinajstić information content (AvgIpc) is 2.75. The van der Waals surface area contributed by atoms with Gasteiger partial charge in [-0.25, -0.2) is 4.79 Å². The van der Waals surface area contributed by atoms with E-state index in [1.807, 2.05) is 19.9 Å². The lowest BCUT2D eigenvalue weighted by molar-refractivity contribution is 0.0914. The van der Waals surface area contributed by atoms with Gasteiger partial charge in [0.15, 0.2) is 11.6 Å². The molecule has 0 aliphatic heterocycles. The third-order valence-corrected chi connectivity index (χ3v) is 4.93. The highest BCUT2D eigenvalue weighted by molar-refractivity contribution is 6.27. The number of ether oxygens (including phenoxy) is 1. The highest BCUT2D eigenvalue weighted by atomic mass is 16.6. The second-order valence-electron chi connectivity index (χ2n) is 7.59. The summed E-state index contributed by atoms with van der Waals surface area (Å²) in [4.78, 5) is 38.3. The van der Waals surface area contributed by atoms with Crippen LogP contribution in [-0.4, -0.2) is 34.0 Å². The molecule has 0 bridgehead atoms. The summed E-state index contributed by atoms with van der Waals surface area (Å²) < 4.78 is 5.51. The molecule has 1 amide bonds. The Balaban J connectivity index is 1.91. The number of ketones is 2. The lowest BCUT2D eigenvalue weighted by Crippen LogP contribution is -2.30. The number of fused-ring (bicyclic) bond motifs is 1. The summed E-state index contributed by atoms with van der Waals surface area (Å²) in [7, 11) is 0. The van der Waals surface area contributed by atoms with Crippen LogP contribution in [0.3, 0.4) is 0 Å². The summed E-state index contributed by atoms with van der Waals surface area (Å²) in [5.74, 6) is -2.21. The summed E-state index contributed by atoms with van der Waals surface area (Å²) in [5.41, 5.74) is 7.14. The van der Waals surface area contributed by atoms with Crippen molar-refractivity contribution in [3.8, 4) is 11.5 Å². The number of anilines is 1. The lowest BCUT2D eigenvalue weighted by Gasteiger charge is -2.23. The zero-order valence-corrected chi connectivity index (χ0v) is 17.7. The van der Waals surface area contributed by atoms with Crippen LogP contribution in [0.15, 0.2) is 59.7 Å². The number of benzene rings is 2. The molecular weight excluding hydrogens is 412 g/mol. The molecular formula is C24H24N2O6. The molecule has 0 heterocycles. The first-order valence-electron chi connectivity index (χ1n) is 9.96. The van der Waals surface area contributed by atoms with Crippen molar-refractivity contribution in [2.45, 2.75) is 32.9 Å². The van der Waals surface area contributed by atoms with Gasteiger partial charge in [-0.1, -0.05) is 23.8 Å². The third kappa shape index (κ3) is 4.87. The highest BCUT2D eigenvalue weighted by Crippen LogP contribution is 2.36. The maximum absolute atomic E-state index is 13.1. The van der Waals surface area contributed by atoms with E-state index in [0.29, 0.717) is 12.2 Å². The fourth-order valence-electron chi connectivity index (χ4n) is 3.36. The molecule has 0 aromatic heterocycles. The first kappa shape index (κ1) is 22.8. The molecule has 1 atom stereocenters. The molecule has 1 aliphatic carbocycles. The van der Waals surface area contributed by atoms with Gasteiger partial charge in [0.1, 0.15) is 17.6 Å². The number of nitrogens with two attached hydrogens (primary N) is 1. The molecule has 0 fully saturated rings. The van der Waals surface area contributed by atoms with Crippen LogP contribution in [0.2, 0.25) is 0 Å². The zero-order chi connectivity index (χ0) is 23.4. The molecule has 3 rings (SSSR count). The van der Waals surface area contributed by atoms with Gasteiger partial charge in [0.2, 0.25) is 0 Å². The summed E-state index contributed by atoms with van der Waals surface area (Å²) in [5, 5.41) is 22.7. The van der Waals surface area contributed by atoms with Crippen LogP contribution < -0.4 is 11.1 Å². The number of Topliss-reactive ketones (excluding diaryl/α,β-unsaturated/α-hetero) is 1. The van der Waals surface area contributed by atoms with Crippen LogP contribution in [-0.2, 0) is 11.3 Å². The van der Waals surface area contributed by atoms with Crippen LogP contribution >= 0.6 is 0 Å². The van der Waals surface area contributed by atoms with Gasteiger partial charge < -0.3 is 20.7 Å². The van der Waals surface area contributed by atoms with E-state index in [-0.39, 0.29) is 23.1 Å². The first-order valence-corrected chi connectivity index (χ1v) is 9.96. The Morgan fingerprint density at radius 2 is 1.81 bits per heavy atom. The number of aromatic hydroxyl groups is 2. The van der Waals surface area contributed by atoms with Gasteiger partial charge in [-0.2, -0.15) is 0 Å². The Bertz CT molecular complexity index is 1150. The van der Waals surface area contributed by atoms with Crippen LogP contribution in [0, 0.1) is 0 Å². The minimum absolute atomic E-state index is 0.0910. The Morgan fingerprint density at radius 3 is 2.47 bits per heavy atom. The molecule has 0 saturated carbocycles. The topological polar surface area (TPSA) is 139 Å². The van der Waals surface area contributed by atoms with Crippen LogP contribution in [0.1, 0.15) is 46.5 Å². The molecule has 8 heteroatoms. The maximum atomic E-state index is 13.1. The summed E-state index contributed by atoms with van der Waals surface area (Å²) in [6, 6.07) is 9.17. The molecule has 5 N–H and O–H groups in total. The molecule has 8 nitrogen and oxygen atoms in total. The number of carbonyl (C=O) groups is 3. The van der Waals surface area contributed by atoms with Crippen molar-refractivity contribution < 1.29 is 29.3 Å². The number of allylic oxidation sites excluding steroid dienone is 2. The zero-order valence-electron chi connectivity index (χ0n) is 17.7. The predicted molar refractivity (Wildman–Crippen MR) is 119 cm³/mol. The SMILES string of the molecule is CC(C)=CCC(OC(=O)Nc1cccc(CN)c1)C1=CC(=O)c2c(O)ccc(O)c2C1=O. The van der Waals surface area contributed by atoms with E-state index in [0.717, 1.165) is 29.3 Å². The van der Waals surface area contributed by atoms with Crippen molar-refractivity contribution in [3.05, 3.63) is 76.4 Å². The highest BCUT2D eigenvalue weighted by Gasteiger charge is 2.35. The molecule has 0 radical (unpaired) electrons. The predicted octanol–water partition coefficient (Wildman–Crippen LogP) is 3.84. The normalized spacial score (nSPS) is 13.7. The summed E-state index contributed by atoms with van der Waals surface area (Å²) in [6.07, 6.45) is 1.03. The second kappa shape index (κ2) is 9.49. The van der Waals surface area contributed by atoms with Crippen molar-refractivity contribution in [1.29, 1.82) is 0 Å². The van der Waals surface area contributed by atoms with Crippen molar-refractivity contribution in [3.63, 3.8) is 0 Å². The quantitative estimate of drug-likeness (QED) is 0.398. The van der Waals surface area contributed by atoms with Gasteiger partial charge in [0.25, 0.3) is 0 Å². The van der Waals surface area contributed by atoms with Gasteiger partial charge in [0, 0.05) is 24.2 Å². The summed E-state index contributed by atoms with van der Waals surface area (Å²) >= 11 is 0. The molecule has 0 spiro atoms. The van der Waals surface area contributed by atoms with Gasteiger partial charge in [-0.3, -0.25) is 14.9 Å². The first-order chi connectivity index (χ1) is 15.2. The van der Waals surface area contributed by atoms with Gasteiger partial charge in [-0.05, 0) is 49.8 Å². The minimum Gasteiger partial charge on any atom is -0.507 e. The smallest absolute Gasteiger partial charge is 0.412 e. The number of nitrogens with one attached hydrogen (secondary N) is 1. The fourth-order valence-corrected chi connectivity index (χ4v) is 3.36. The van der Waals surface area contributed by atoms with Gasteiger partial charge in [0.05, 0.1) is 11.1 Å². The lowest BCUT2D eigenvalue weighted by atomic mass is 9.85. The van der Waals surface area contributed by atoms with Crippen LogP contribution in [0.25, 0.3) is 0 Å². The fraction of sp³-hybridized carbons (Fsp3) is 0.208. The van der Waals surface area contributed by atoms with E-state index in [1.165, 1.54) is 0 Å². The van der Waals surface area contributed by atoms with Gasteiger partial charge >= 0.3 is 6.09 Å². The minimum atomic E-state index is -1.09. The summed E-state index contributed by atoms with van der Waals surface area (Å²) in [6.45, 7) is 3.99.